The molecule has 2 heteroatoms. The van der Waals surface area contributed by atoms with Gasteiger partial charge in [0.1, 0.15) is 0 Å². The van der Waals surface area contributed by atoms with Gasteiger partial charge in [-0.15, -0.1) is 0 Å². The van der Waals surface area contributed by atoms with Crippen molar-refractivity contribution in [2.45, 2.75) is 19.6 Å². The Balaban J connectivity index is 1.98. The summed E-state index contributed by atoms with van der Waals surface area (Å²) in [6, 6.07) is 18.9. The molecule has 94 valence electrons. The van der Waals surface area contributed by atoms with E-state index in [1.807, 2.05) is 18.2 Å². The normalized spacial score (nSPS) is 12.3. The fraction of sp³-hybridized carbons (Fsp3) is 0.250. The van der Waals surface area contributed by atoms with E-state index in [0.717, 1.165) is 6.54 Å². The number of benzene rings is 2. The largest absolute Gasteiger partial charge is 0.392 e. The van der Waals surface area contributed by atoms with Crippen LogP contribution in [0.4, 0.5) is 0 Å². The first-order chi connectivity index (χ1) is 8.75. The zero-order valence-electron chi connectivity index (χ0n) is 10.6. The molecule has 2 aromatic carbocycles. The molecule has 0 heterocycles. The second kappa shape index (κ2) is 6.34. The van der Waals surface area contributed by atoms with E-state index in [9.17, 15) is 0 Å². The van der Waals surface area contributed by atoms with Gasteiger partial charge in [-0.1, -0.05) is 54.6 Å². The summed E-state index contributed by atoms with van der Waals surface area (Å²) in [5, 5.41) is 12.4. The van der Waals surface area contributed by atoms with Crippen LogP contribution in [0.3, 0.4) is 0 Å². The Morgan fingerprint density at radius 1 is 0.944 bits per heavy atom. The summed E-state index contributed by atoms with van der Waals surface area (Å²) in [4.78, 5) is 0. The van der Waals surface area contributed by atoms with Gasteiger partial charge in [0.15, 0.2) is 0 Å². The number of aliphatic hydroxyl groups is 1. The lowest BCUT2D eigenvalue weighted by atomic mass is 10.0. The molecule has 1 atom stereocenters. The third-order valence-corrected chi connectivity index (χ3v) is 2.83. The summed E-state index contributed by atoms with van der Waals surface area (Å²) in [6.07, 6.45) is -0.298. The molecule has 18 heavy (non-hydrogen) atoms. The lowest BCUT2D eigenvalue weighted by Gasteiger charge is -2.08. The number of aliphatic hydroxyl groups excluding tert-OH is 1. The summed E-state index contributed by atoms with van der Waals surface area (Å²) < 4.78 is 0. The van der Waals surface area contributed by atoms with Crippen LogP contribution in [0.2, 0.25) is 0 Å². The molecule has 0 saturated heterocycles. The first-order valence-corrected chi connectivity index (χ1v) is 6.29. The predicted octanol–water partition coefficient (Wildman–Crippen LogP) is 2.82. The molecule has 0 spiro atoms. The molecule has 0 aliphatic heterocycles. The fourth-order valence-electron chi connectivity index (χ4n) is 1.87. The molecule has 0 unspecified atom stereocenters. The predicted molar refractivity (Wildman–Crippen MR) is 75.3 cm³/mol. The van der Waals surface area contributed by atoms with Gasteiger partial charge in [0.25, 0.3) is 0 Å². The molecule has 0 radical (unpaired) electrons. The Kier molecular flexibility index (Phi) is 4.51. The topological polar surface area (TPSA) is 32.3 Å². The van der Waals surface area contributed by atoms with Gasteiger partial charge in [0, 0.05) is 13.1 Å². The van der Waals surface area contributed by atoms with Crippen LogP contribution in [0, 0.1) is 0 Å². The van der Waals surface area contributed by atoms with Crippen molar-refractivity contribution < 1.29 is 5.11 Å². The van der Waals surface area contributed by atoms with Crippen LogP contribution in [0.1, 0.15) is 12.5 Å². The minimum atomic E-state index is -0.298. The van der Waals surface area contributed by atoms with Crippen LogP contribution in [-0.2, 0) is 6.54 Å². The average molecular weight is 241 g/mol. The van der Waals surface area contributed by atoms with Crippen molar-refractivity contribution in [1.82, 2.24) is 5.32 Å². The van der Waals surface area contributed by atoms with E-state index in [1.165, 1.54) is 16.7 Å². The monoisotopic (exact) mass is 241 g/mol. The first-order valence-electron chi connectivity index (χ1n) is 6.29. The van der Waals surface area contributed by atoms with Gasteiger partial charge in [-0.25, -0.2) is 0 Å². The molecule has 0 aromatic heterocycles. The number of nitrogens with one attached hydrogen (secondary N) is 1. The van der Waals surface area contributed by atoms with E-state index < -0.39 is 0 Å². The molecule has 2 N–H and O–H groups in total. The van der Waals surface area contributed by atoms with Crippen LogP contribution in [0.15, 0.2) is 54.6 Å². The van der Waals surface area contributed by atoms with E-state index in [4.69, 9.17) is 5.11 Å². The summed E-state index contributed by atoms with van der Waals surface area (Å²) in [7, 11) is 0. The van der Waals surface area contributed by atoms with Crippen LogP contribution < -0.4 is 5.32 Å². The summed E-state index contributed by atoms with van der Waals surface area (Å²) >= 11 is 0. The number of hydrogen-bond donors (Lipinski definition) is 2. The van der Waals surface area contributed by atoms with E-state index in [1.54, 1.807) is 6.92 Å². The van der Waals surface area contributed by atoms with Gasteiger partial charge in [-0.2, -0.15) is 0 Å². The molecule has 2 aromatic rings. The number of rotatable bonds is 5. The molecule has 0 aliphatic carbocycles. The van der Waals surface area contributed by atoms with Gasteiger partial charge >= 0.3 is 0 Å². The molecule has 0 saturated carbocycles. The third-order valence-electron chi connectivity index (χ3n) is 2.83. The zero-order valence-corrected chi connectivity index (χ0v) is 10.6. The number of hydrogen-bond acceptors (Lipinski definition) is 2. The van der Waals surface area contributed by atoms with E-state index in [-0.39, 0.29) is 6.10 Å². The second-order valence-corrected chi connectivity index (χ2v) is 4.54. The van der Waals surface area contributed by atoms with Crippen LogP contribution >= 0.6 is 0 Å². The van der Waals surface area contributed by atoms with Gasteiger partial charge in [-0.05, 0) is 23.6 Å². The Labute approximate surface area is 108 Å². The van der Waals surface area contributed by atoms with Crippen molar-refractivity contribution in [3.63, 3.8) is 0 Å². The zero-order chi connectivity index (χ0) is 12.8. The molecule has 0 aliphatic rings. The van der Waals surface area contributed by atoms with Crippen molar-refractivity contribution in [2.24, 2.45) is 0 Å². The maximum Gasteiger partial charge on any atom is 0.0636 e. The Hall–Kier alpha value is -1.64. The van der Waals surface area contributed by atoms with Gasteiger partial charge in [-0.3, -0.25) is 0 Å². The lowest BCUT2D eigenvalue weighted by molar-refractivity contribution is 0.191. The average Bonchev–Trinajstić information content (AvgIpc) is 2.40. The van der Waals surface area contributed by atoms with Crippen molar-refractivity contribution in [3.05, 3.63) is 60.2 Å². The summed E-state index contributed by atoms with van der Waals surface area (Å²) in [5.74, 6) is 0. The minimum absolute atomic E-state index is 0.298. The van der Waals surface area contributed by atoms with Crippen molar-refractivity contribution in [2.75, 3.05) is 6.54 Å². The van der Waals surface area contributed by atoms with Crippen LogP contribution in [0.25, 0.3) is 11.1 Å². The minimum Gasteiger partial charge on any atom is -0.392 e. The summed E-state index contributed by atoms with van der Waals surface area (Å²) in [5.41, 5.74) is 3.70. The Morgan fingerprint density at radius 3 is 2.17 bits per heavy atom. The van der Waals surface area contributed by atoms with E-state index in [2.05, 4.69) is 41.7 Å². The van der Waals surface area contributed by atoms with Crippen LogP contribution in [0.5, 0.6) is 0 Å². The second-order valence-electron chi connectivity index (χ2n) is 4.54. The highest BCUT2D eigenvalue weighted by Crippen LogP contribution is 2.19. The molecule has 0 bridgehead atoms. The smallest absolute Gasteiger partial charge is 0.0636 e. The van der Waals surface area contributed by atoms with Gasteiger partial charge < -0.3 is 10.4 Å². The van der Waals surface area contributed by atoms with Crippen molar-refractivity contribution in [1.29, 1.82) is 0 Å². The maximum absolute atomic E-state index is 9.16. The standard InChI is InChI=1S/C16H19NO/c1-13(18)11-17-12-14-7-9-16(10-8-14)15-5-3-2-4-6-15/h2-10,13,17-18H,11-12H2,1H3/t13-/m0/s1. The fourth-order valence-corrected chi connectivity index (χ4v) is 1.87. The first kappa shape index (κ1) is 12.8. The molecule has 0 fully saturated rings. The SMILES string of the molecule is C[C@H](O)CNCc1ccc(-c2ccccc2)cc1. The third kappa shape index (κ3) is 3.69. The highest BCUT2D eigenvalue weighted by molar-refractivity contribution is 5.63. The van der Waals surface area contributed by atoms with Gasteiger partial charge in [0.05, 0.1) is 6.10 Å². The summed E-state index contributed by atoms with van der Waals surface area (Å²) in [6.45, 7) is 3.20. The molecule has 2 nitrogen and oxygen atoms in total. The molecular formula is C16H19NO. The van der Waals surface area contributed by atoms with Gasteiger partial charge in [0.2, 0.25) is 0 Å². The van der Waals surface area contributed by atoms with Crippen molar-refractivity contribution in [3.8, 4) is 11.1 Å². The highest BCUT2D eigenvalue weighted by atomic mass is 16.3. The Bertz CT molecular complexity index is 462. The quantitative estimate of drug-likeness (QED) is 0.843. The molecule has 0 amide bonds. The van der Waals surface area contributed by atoms with E-state index in [0.29, 0.717) is 6.54 Å². The maximum atomic E-state index is 9.16. The Morgan fingerprint density at radius 2 is 1.56 bits per heavy atom. The molecular weight excluding hydrogens is 222 g/mol. The highest BCUT2D eigenvalue weighted by Gasteiger charge is 1.98. The lowest BCUT2D eigenvalue weighted by Crippen LogP contribution is -2.23. The van der Waals surface area contributed by atoms with Crippen molar-refractivity contribution >= 4 is 0 Å². The van der Waals surface area contributed by atoms with Crippen LogP contribution in [-0.4, -0.2) is 17.8 Å². The molecule has 2 rings (SSSR count). The van der Waals surface area contributed by atoms with E-state index >= 15 is 0 Å².